The molecule has 0 unspecified atom stereocenters. The van der Waals surface area contributed by atoms with E-state index in [9.17, 15) is 0 Å². The van der Waals surface area contributed by atoms with Gasteiger partial charge in [-0.1, -0.05) is 19.3 Å². The Hall–Kier alpha value is 4.76. The van der Waals surface area contributed by atoms with Gasteiger partial charge in [-0.3, -0.25) is 0 Å². The summed E-state index contributed by atoms with van der Waals surface area (Å²) in [5.41, 5.74) is 13.7. The van der Waals surface area contributed by atoms with Crippen molar-refractivity contribution in [3.63, 3.8) is 0 Å². The zero-order chi connectivity index (χ0) is 27.9. The van der Waals surface area contributed by atoms with Crippen LogP contribution in [-0.2, 0) is 126 Å². The van der Waals surface area contributed by atoms with Crippen LogP contribution in [-0.4, -0.2) is 117 Å². The van der Waals surface area contributed by atoms with E-state index < -0.39 is 0 Å². The van der Waals surface area contributed by atoms with Crippen molar-refractivity contribution in [3.05, 3.63) is 16.3 Å². The molecule has 0 spiro atoms. The van der Waals surface area contributed by atoms with E-state index in [1.807, 2.05) is 0 Å². The van der Waals surface area contributed by atoms with Crippen LogP contribution in [0.2, 0.25) is 0 Å². The number of thiol groups is 4. The van der Waals surface area contributed by atoms with Crippen LogP contribution >= 0.6 is 23.8 Å². The third-order valence-corrected chi connectivity index (χ3v) is 16.8. The van der Waals surface area contributed by atoms with Gasteiger partial charge in [0, 0.05) is 51.2 Å². The van der Waals surface area contributed by atoms with Gasteiger partial charge in [0.25, 0.3) is 0 Å². The number of hydrogen-bond acceptors (Lipinski definition) is 7. The molecule has 0 N–H and O–H groups in total. The summed E-state index contributed by atoms with van der Waals surface area (Å²) in [5.74, 6) is 0. The van der Waals surface area contributed by atoms with Gasteiger partial charge < -0.3 is 85.0 Å². The minimum absolute atomic E-state index is 0. The fourth-order valence-corrected chi connectivity index (χ4v) is 9.28. The number of hydrogen-bond donors (Lipinski definition) is 0. The van der Waals surface area contributed by atoms with Crippen molar-refractivity contribution in [1.82, 2.24) is 14.8 Å². The predicted molar refractivity (Wildman–Crippen MR) is 219 cm³/mol. The summed E-state index contributed by atoms with van der Waals surface area (Å²) in [7, 11) is 0.572. The van der Waals surface area contributed by atoms with Crippen molar-refractivity contribution in [2.75, 3.05) is 94.7 Å². The Morgan fingerprint density at radius 1 is 0.422 bits per heavy atom. The smallest absolute Gasteiger partial charge is 0.813 e. The van der Waals surface area contributed by atoms with Crippen molar-refractivity contribution in [2.24, 2.45) is 0 Å². The molecule has 0 amide bonds. The molecule has 3 aliphatic rings. The van der Waals surface area contributed by atoms with Crippen molar-refractivity contribution in [2.45, 2.75) is 81.6 Å². The zero-order valence-corrected chi connectivity index (χ0v) is 41.6. The summed E-state index contributed by atoms with van der Waals surface area (Å²) in [6.45, 7) is 26.8. The van der Waals surface area contributed by atoms with Crippen LogP contribution in [0, 0.1) is 0 Å². The standard InChI is InChI=1S/C9H18BN6.3C6H15P.3Fe.Mo.4H2S/c1-4-11-14(7-1)10(15-8-2-5-12-15)16-9-3-6-13-16;3*1-4-7(5-2)6-3;;;;;;;;/h1-9H2;3*4-6H2,1-3H3;;;;;4*1H2/q-3;;;;;;;+3;;;;/p-1. The zero-order valence-electron chi connectivity index (χ0n) is 29.7. The van der Waals surface area contributed by atoms with Gasteiger partial charge in [-0.15, -0.1) is 19.6 Å². The van der Waals surface area contributed by atoms with Crippen molar-refractivity contribution < 1.29 is 72.3 Å². The predicted octanol–water partition coefficient (Wildman–Crippen LogP) is 6.65. The van der Waals surface area contributed by atoms with Gasteiger partial charge in [-0.2, -0.15) is 0 Å². The van der Waals surface area contributed by atoms with Gasteiger partial charge in [0.05, 0.1) is 55.5 Å². The van der Waals surface area contributed by atoms with Crippen LogP contribution in [0.5, 0.6) is 0 Å². The molecule has 3 aliphatic heterocycles. The minimum Gasteiger partial charge on any atom is -0.813 e. The Morgan fingerprint density at radius 2 is 0.600 bits per heavy atom. The molecule has 0 aromatic rings. The summed E-state index contributed by atoms with van der Waals surface area (Å²) >= 11 is 0. The molecule has 45 heavy (non-hydrogen) atoms. The van der Waals surface area contributed by atoms with E-state index in [1.54, 1.807) is 0 Å². The van der Waals surface area contributed by atoms with E-state index in [2.05, 4.69) is 93.4 Å². The first-order valence-electron chi connectivity index (χ1n) is 15.8. The SMILES string of the molecule is C1C[N-]N(B(N2CCC[N-]2)N2CCC[N-]2)C1.CC[PH+](CC)CC.CC[PH+](CC)CC.CC[PH+](CC)CC.[Fe].[Fe].[Fe].[Mo+3].[SH-].[SH-].[SH-].[SH-]. The van der Waals surface area contributed by atoms with E-state index in [1.165, 1.54) is 55.5 Å². The first kappa shape index (κ1) is 71.2. The molecule has 0 bridgehead atoms. The van der Waals surface area contributed by atoms with Crippen LogP contribution in [0.3, 0.4) is 0 Å². The summed E-state index contributed by atoms with van der Waals surface area (Å²) in [6, 6.07) is 0. The Morgan fingerprint density at radius 3 is 0.689 bits per heavy atom. The topological polar surface area (TPSA) is 52.0 Å². The summed E-state index contributed by atoms with van der Waals surface area (Å²) in [5, 5.41) is 0. The molecule has 1 radical (unpaired) electrons. The molecule has 3 saturated heterocycles. The first-order chi connectivity index (χ1) is 18.0. The van der Waals surface area contributed by atoms with Crippen LogP contribution in [0.15, 0.2) is 0 Å². The van der Waals surface area contributed by atoms with Crippen LogP contribution < -0.4 is 0 Å². The largest absolute Gasteiger partial charge is 3.00 e. The second-order valence-electron chi connectivity index (χ2n) is 9.92. The first-order valence-corrected chi connectivity index (χ1v) is 22.2. The molecule has 0 aromatic carbocycles. The monoisotopic (exact) mass is 976 g/mol. The van der Waals surface area contributed by atoms with Crippen LogP contribution in [0.25, 0.3) is 16.3 Å². The van der Waals surface area contributed by atoms with E-state index in [-0.39, 0.29) is 157 Å². The second kappa shape index (κ2) is 50.9. The number of rotatable bonds is 12. The van der Waals surface area contributed by atoms with Crippen LogP contribution in [0.4, 0.5) is 0 Å². The fraction of sp³-hybridized carbons (Fsp3) is 1.00. The van der Waals surface area contributed by atoms with Gasteiger partial charge in [0.15, 0.2) is 0 Å². The normalized spacial score (nSPS) is 15.2. The minimum atomic E-state index is 0. The Labute approximate surface area is 360 Å². The molecule has 0 aliphatic carbocycles. The Kier molecular flexibility index (Phi) is 80.5. The molecule has 281 valence electrons. The summed E-state index contributed by atoms with van der Waals surface area (Å²) < 4.78 is 0. The average molecular weight is 974 g/mol. The van der Waals surface area contributed by atoms with E-state index in [4.69, 9.17) is 0 Å². The second-order valence-corrected chi connectivity index (χ2v) is 20.8. The van der Waals surface area contributed by atoms with Gasteiger partial charge >= 0.3 is 28.2 Å². The van der Waals surface area contributed by atoms with Gasteiger partial charge in [0.2, 0.25) is 0 Å². The quantitative estimate of drug-likeness (QED) is 0.0942. The molecular weight excluding hydrogens is 904 g/mol. The maximum atomic E-state index is 4.56. The van der Waals surface area contributed by atoms with Crippen molar-refractivity contribution >= 4 is 84.9 Å². The Bertz CT molecular complexity index is 426. The molecular formula is C27H70BFe3MoN6P3S4-. The molecule has 3 rings (SSSR count). The van der Waals surface area contributed by atoms with E-state index >= 15 is 0 Å². The summed E-state index contributed by atoms with van der Waals surface area (Å²) in [4.78, 5) is 6.51. The van der Waals surface area contributed by atoms with Crippen molar-refractivity contribution in [1.29, 1.82) is 0 Å². The maximum Gasteiger partial charge on any atom is 3.00 e. The van der Waals surface area contributed by atoms with Crippen molar-refractivity contribution in [3.8, 4) is 0 Å². The van der Waals surface area contributed by atoms with Gasteiger partial charge in [0.1, 0.15) is 0 Å². The molecule has 0 atom stereocenters. The molecule has 18 heteroatoms. The molecule has 6 nitrogen and oxygen atoms in total. The molecule has 0 aromatic heterocycles. The third kappa shape index (κ3) is 34.3. The average Bonchev–Trinajstić information content (AvgIpc) is 3.74. The van der Waals surface area contributed by atoms with Crippen LogP contribution in [0.1, 0.15) is 81.6 Å². The van der Waals surface area contributed by atoms with Gasteiger partial charge in [-0.25, -0.2) is 0 Å². The maximum absolute atomic E-state index is 4.56. The van der Waals surface area contributed by atoms with Gasteiger partial charge in [-0.05, 0) is 106 Å². The van der Waals surface area contributed by atoms with E-state index in [0.717, 1.165) is 58.5 Å². The summed E-state index contributed by atoms with van der Waals surface area (Å²) in [6.07, 6.45) is 16.6. The third-order valence-electron chi connectivity index (χ3n) is 7.78. The fourth-order valence-electron chi connectivity index (χ4n) is 4.78. The van der Waals surface area contributed by atoms with E-state index in [0.29, 0.717) is 0 Å². The molecule has 3 fully saturated rings. The number of nitrogens with zero attached hydrogens (tertiary/aromatic N) is 6. The molecule has 3 heterocycles. The Balaban J connectivity index is -0.0000000563. The molecule has 0 saturated carbocycles.